The van der Waals surface area contributed by atoms with Gasteiger partial charge in [-0.15, -0.1) is 0 Å². The normalized spacial score (nSPS) is 26.4. The summed E-state index contributed by atoms with van der Waals surface area (Å²) in [5, 5.41) is 0. The lowest BCUT2D eigenvalue weighted by Gasteiger charge is -2.56. The maximum Gasteiger partial charge on any atom is 0.273 e. The van der Waals surface area contributed by atoms with Gasteiger partial charge in [-0.3, -0.25) is 4.79 Å². The van der Waals surface area contributed by atoms with E-state index in [2.05, 4.69) is 111 Å². The van der Waals surface area contributed by atoms with Gasteiger partial charge in [-0.2, -0.15) is 0 Å². The Hall–Kier alpha value is -2.47. The highest BCUT2D eigenvalue weighted by Crippen LogP contribution is 2.68. The summed E-state index contributed by atoms with van der Waals surface area (Å²) in [5.74, 6) is 0.834. The van der Waals surface area contributed by atoms with Gasteiger partial charge in [0.15, 0.2) is 5.78 Å². The lowest BCUT2D eigenvalue weighted by molar-refractivity contribution is -0.458. The first kappa shape index (κ1) is 24.6. The molecule has 8 rings (SSSR count). The van der Waals surface area contributed by atoms with Crippen LogP contribution in [0.1, 0.15) is 42.5 Å². The third-order valence-electron chi connectivity index (χ3n) is 8.68. The van der Waals surface area contributed by atoms with Crippen molar-refractivity contribution in [3.05, 3.63) is 118 Å². The molecule has 1 heterocycles. The highest BCUT2D eigenvalue weighted by atomic mass is 32.3. The largest absolute Gasteiger partial charge is 0.293 e. The summed E-state index contributed by atoms with van der Waals surface area (Å²) in [6, 6.07) is 28.2. The number of hydrogen-bond acceptors (Lipinski definition) is 4. The highest BCUT2D eigenvalue weighted by Gasteiger charge is 2.58. The van der Waals surface area contributed by atoms with Gasteiger partial charge in [-0.05, 0) is 92.9 Å². The Kier molecular flexibility index (Phi) is 5.67. The minimum absolute atomic E-state index is 0.00556. The van der Waals surface area contributed by atoms with Crippen molar-refractivity contribution in [2.75, 3.05) is 14.1 Å². The summed E-state index contributed by atoms with van der Waals surface area (Å²) in [6.45, 7) is 4.56. The first-order chi connectivity index (χ1) is 18.3. The van der Waals surface area contributed by atoms with Gasteiger partial charge in [0.05, 0.1) is 4.91 Å². The number of Topliss-reactive ketones (excluding diaryl/α,β-unsaturated/α-hetero) is 1. The fourth-order valence-electron chi connectivity index (χ4n) is 6.51. The summed E-state index contributed by atoms with van der Waals surface area (Å²) in [5.41, 5.74) is 7.75. The van der Waals surface area contributed by atoms with Gasteiger partial charge in [0, 0.05) is 10.8 Å². The van der Waals surface area contributed by atoms with Crippen LogP contribution >= 0.6 is 35.3 Å². The first-order valence-electron chi connectivity index (χ1n) is 13.2. The van der Waals surface area contributed by atoms with Crippen LogP contribution in [-0.2, 0) is 8.87 Å². The standard InChI is InChI=1S/C33H30NOS3/c1-32(2)27-19-28(32)29(35)30(36-20-12-6-5-7-13-20)24(27)18-23-21-14-8-10-16-25(21)33(37-31(38-33)34(3)4)26-17-11-9-15-22(23)26/h5-18,27-28H,19H2,1-4H3/q+1/t27-,28+/m0/s1. The third kappa shape index (κ3) is 3.44. The van der Waals surface area contributed by atoms with Gasteiger partial charge in [0.25, 0.3) is 4.38 Å². The number of allylic oxidation sites excluding steroid dienone is 3. The third-order valence-corrected chi connectivity index (χ3v) is 13.4. The van der Waals surface area contributed by atoms with E-state index in [-0.39, 0.29) is 15.4 Å². The van der Waals surface area contributed by atoms with Gasteiger partial charge < -0.3 is 0 Å². The minimum Gasteiger partial charge on any atom is -0.293 e. The molecule has 0 N–H and O–H groups in total. The smallest absolute Gasteiger partial charge is 0.273 e. The van der Waals surface area contributed by atoms with Crippen molar-refractivity contribution in [1.29, 1.82) is 0 Å². The molecule has 2 bridgehead atoms. The molecule has 0 aromatic heterocycles. The molecule has 0 amide bonds. The van der Waals surface area contributed by atoms with Crippen LogP contribution in [0.2, 0.25) is 0 Å². The Balaban J connectivity index is 1.45. The first-order valence-corrected chi connectivity index (χ1v) is 15.6. The van der Waals surface area contributed by atoms with Crippen LogP contribution < -0.4 is 0 Å². The van der Waals surface area contributed by atoms with Crippen molar-refractivity contribution in [2.24, 2.45) is 17.3 Å². The number of carbonyl (C=O) groups excluding carboxylic acids is 1. The fraction of sp³-hybridized carbons (Fsp3) is 0.273. The van der Waals surface area contributed by atoms with Crippen LogP contribution in [0, 0.1) is 17.3 Å². The second-order valence-corrected chi connectivity index (χ2v) is 15.4. The van der Waals surface area contributed by atoms with E-state index in [0.29, 0.717) is 11.7 Å². The van der Waals surface area contributed by atoms with Gasteiger partial charge >= 0.3 is 0 Å². The maximum absolute atomic E-state index is 13.9. The molecule has 2 nitrogen and oxygen atoms in total. The Morgan fingerprint density at radius 3 is 2.00 bits per heavy atom. The maximum atomic E-state index is 13.9. The molecule has 38 heavy (non-hydrogen) atoms. The van der Waals surface area contributed by atoms with Crippen LogP contribution in [0.4, 0.5) is 0 Å². The van der Waals surface area contributed by atoms with E-state index in [4.69, 9.17) is 0 Å². The van der Waals surface area contributed by atoms with Crippen LogP contribution in [0.15, 0.2) is 100 Å². The van der Waals surface area contributed by atoms with Gasteiger partial charge in [-0.1, -0.05) is 92.3 Å². The number of hydrogen-bond donors (Lipinski definition) is 0. The van der Waals surface area contributed by atoms with E-state index in [1.54, 1.807) is 11.8 Å². The van der Waals surface area contributed by atoms with E-state index in [0.717, 1.165) is 16.2 Å². The molecule has 0 unspecified atom stereocenters. The Labute approximate surface area is 237 Å². The van der Waals surface area contributed by atoms with Crippen molar-refractivity contribution in [1.82, 2.24) is 0 Å². The molecule has 190 valence electrons. The average molecular weight is 553 g/mol. The SMILES string of the molecule is C[N+](C)=C1SC2(S1)c1ccccc1C(=CC1=C(Sc3ccccc3)C(=O)[C@H]3C[C@@H]1C3(C)C)c1ccccc12. The van der Waals surface area contributed by atoms with E-state index in [9.17, 15) is 4.79 Å². The van der Waals surface area contributed by atoms with Crippen molar-refractivity contribution in [2.45, 2.75) is 29.2 Å². The molecular formula is C33H30NOS3+. The van der Waals surface area contributed by atoms with E-state index in [1.807, 2.05) is 29.6 Å². The summed E-state index contributed by atoms with van der Waals surface area (Å²) in [6.07, 6.45) is 3.35. The molecule has 5 heteroatoms. The predicted octanol–water partition coefficient (Wildman–Crippen LogP) is 8.03. The molecule has 3 aromatic carbocycles. The number of rotatable bonds is 3. The zero-order chi connectivity index (χ0) is 26.2. The molecule has 4 aliphatic carbocycles. The molecule has 2 atom stereocenters. The van der Waals surface area contributed by atoms with Crippen molar-refractivity contribution < 1.29 is 9.37 Å². The molecular weight excluding hydrogens is 523 g/mol. The van der Waals surface area contributed by atoms with Crippen LogP contribution in [-0.4, -0.2) is 28.8 Å². The van der Waals surface area contributed by atoms with E-state index >= 15 is 0 Å². The van der Waals surface area contributed by atoms with E-state index < -0.39 is 0 Å². The second kappa shape index (κ2) is 8.77. The monoisotopic (exact) mass is 552 g/mol. The number of carbonyl (C=O) groups is 1. The average Bonchev–Trinajstić information content (AvgIpc) is 2.89. The number of nitrogens with zero attached hydrogens (tertiary/aromatic N) is 1. The van der Waals surface area contributed by atoms with Gasteiger partial charge in [-0.25, -0.2) is 4.58 Å². The topological polar surface area (TPSA) is 20.1 Å². The molecule has 5 aliphatic rings. The lowest BCUT2D eigenvalue weighted by Crippen LogP contribution is -2.53. The number of benzene rings is 3. The molecule has 1 spiro atoms. The predicted molar refractivity (Wildman–Crippen MR) is 163 cm³/mol. The number of fused-ring (bicyclic) bond motifs is 5. The van der Waals surface area contributed by atoms with Crippen LogP contribution in [0.25, 0.3) is 5.57 Å². The molecule has 1 aliphatic heterocycles. The highest BCUT2D eigenvalue weighted by molar-refractivity contribution is 8.53. The molecule has 2 fully saturated rings. The minimum atomic E-state index is -0.136. The van der Waals surface area contributed by atoms with Crippen molar-refractivity contribution in [3.8, 4) is 0 Å². The fourth-order valence-corrected chi connectivity index (χ4v) is 10.6. The van der Waals surface area contributed by atoms with E-state index in [1.165, 1.54) is 37.8 Å². The zero-order valence-corrected chi connectivity index (χ0v) is 24.5. The van der Waals surface area contributed by atoms with Crippen LogP contribution in [0.5, 0.6) is 0 Å². The lowest BCUT2D eigenvalue weighted by atomic mass is 9.48. The van der Waals surface area contributed by atoms with Gasteiger partial charge in [0.1, 0.15) is 18.2 Å². The summed E-state index contributed by atoms with van der Waals surface area (Å²) >= 11 is 5.57. The molecule has 1 saturated heterocycles. The number of ketones is 1. The van der Waals surface area contributed by atoms with Crippen LogP contribution in [0.3, 0.4) is 0 Å². The zero-order valence-electron chi connectivity index (χ0n) is 22.0. The Morgan fingerprint density at radius 2 is 1.42 bits per heavy atom. The van der Waals surface area contributed by atoms with Crippen molar-refractivity contribution in [3.63, 3.8) is 0 Å². The molecule has 1 saturated carbocycles. The Morgan fingerprint density at radius 1 is 0.842 bits per heavy atom. The van der Waals surface area contributed by atoms with Crippen molar-refractivity contribution >= 4 is 51.0 Å². The molecule has 3 aromatic rings. The second-order valence-electron chi connectivity index (χ2n) is 11.4. The summed E-state index contributed by atoms with van der Waals surface area (Å²) in [4.78, 5) is 15.9. The number of thioether (sulfide) groups is 3. The van der Waals surface area contributed by atoms with Gasteiger partial charge in [0.2, 0.25) is 0 Å². The summed E-state index contributed by atoms with van der Waals surface area (Å²) in [7, 11) is 4.25. The summed E-state index contributed by atoms with van der Waals surface area (Å²) < 4.78 is 3.42. The quantitative estimate of drug-likeness (QED) is 0.306. The molecule has 0 radical (unpaired) electrons. The Bertz CT molecular complexity index is 1530.